The lowest BCUT2D eigenvalue weighted by atomic mass is 10.1. The number of nitrogens with zero attached hydrogens (tertiary/aromatic N) is 1. The Kier molecular flexibility index (Phi) is 1.99. The van der Waals surface area contributed by atoms with Gasteiger partial charge in [-0.1, -0.05) is 5.16 Å². The molecular formula is C8H12N2O2. The van der Waals surface area contributed by atoms with Crippen molar-refractivity contribution in [3.05, 3.63) is 11.8 Å². The number of hydrogen-bond acceptors (Lipinski definition) is 4. The number of nitrogens with two attached hydrogens (primary N) is 1. The standard InChI is InChI=1S/C8H12N2O2/c9-8-5-6(10-12-8)7-3-1-2-4-11-7/h5,7H,1-4,9H2. The maximum atomic E-state index is 5.50. The predicted molar refractivity (Wildman–Crippen MR) is 43.5 cm³/mol. The molecular weight excluding hydrogens is 156 g/mol. The van der Waals surface area contributed by atoms with Gasteiger partial charge in [0.15, 0.2) is 0 Å². The van der Waals surface area contributed by atoms with Crippen molar-refractivity contribution in [3.63, 3.8) is 0 Å². The van der Waals surface area contributed by atoms with Crippen LogP contribution < -0.4 is 5.73 Å². The first kappa shape index (κ1) is 7.61. The highest BCUT2D eigenvalue weighted by Crippen LogP contribution is 2.27. The maximum absolute atomic E-state index is 5.50. The third kappa shape index (κ3) is 1.43. The van der Waals surface area contributed by atoms with Gasteiger partial charge in [-0.15, -0.1) is 0 Å². The molecule has 1 atom stereocenters. The van der Waals surface area contributed by atoms with Gasteiger partial charge in [0.2, 0.25) is 5.88 Å². The molecule has 2 N–H and O–H groups in total. The molecule has 0 radical (unpaired) electrons. The van der Waals surface area contributed by atoms with Gasteiger partial charge in [-0.25, -0.2) is 0 Å². The van der Waals surface area contributed by atoms with E-state index >= 15 is 0 Å². The fourth-order valence-electron chi connectivity index (χ4n) is 1.43. The van der Waals surface area contributed by atoms with Gasteiger partial charge in [-0.05, 0) is 19.3 Å². The Morgan fingerprint density at radius 2 is 2.42 bits per heavy atom. The normalized spacial score (nSPS) is 24.2. The summed E-state index contributed by atoms with van der Waals surface area (Å²) in [5.74, 6) is 0.360. The molecule has 4 nitrogen and oxygen atoms in total. The van der Waals surface area contributed by atoms with Crippen LogP contribution in [0.5, 0.6) is 0 Å². The molecule has 4 heteroatoms. The fourth-order valence-corrected chi connectivity index (χ4v) is 1.43. The second kappa shape index (κ2) is 3.15. The van der Waals surface area contributed by atoms with E-state index in [9.17, 15) is 0 Å². The molecule has 66 valence electrons. The first-order valence-electron chi connectivity index (χ1n) is 4.20. The van der Waals surface area contributed by atoms with Gasteiger partial charge in [-0.2, -0.15) is 0 Å². The van der Waals surface area contributed by atoms with E-state index in [1.807, 2.05) is 0 Å². The lowest BCUT2D eigenvalue weighted by Gasteiger charge is -2.19. The van der Waals surface area contributed by atoms with Crippen molar-refractivity contribution in [2.24, 2.45) is 0 Å². The number of hydrogen-bond donors (Lipinski definition) is 1. The molecule has 1 aliphatic heterocycles. The van der Waals surface area contributed by atoms with Crippen LogP contribution in [0.15, 0.2) is 10.6 Å². The van der Waals surface area contributed by atoms with Gasteiger partial charge in [-0.3, -0.25) is 0 Å². The van der Waals surface area contributed by atoms with E-state index < -0.39 is 0 Å². The van der Waals surface area contributed by atoms with Gasteiger partial charge in [0.05, 0.1) is 0 Å². The number of ether oxygens (including phenoxy) is 1. The van der Waals surface area contributed by atoms with Crippen LogP contribution in [0, 0.1) is 0 Å². The predicted octanol–water partition coefficient (Wildman–Crippen LogP) is 1.50. The van der Waals surface area contributed by atoms with Crippen LogP contribution in [0.2, 0.25) is 0 Å². The molecule has 1 unspecified atom stereocenters. The molecule has 0 amide bonds. The van der Waals surface area contributed by atoms with Gasteiger partial charge >= 0.3 is 0 Å². The van der Waals surface area contributed by atoms with E-state index in [4.69, 9.17) is 15.0 Å². The third-order valence-corrected chi connectivity index (χ3v) is 2.06. The van der Waals surface area contributed by atoms with Crippen LogP contribution in [0.4, 0.5) is 5.88 Å². The van der Waals surface area contributed by atoms with Crippen molar-refractivity contribution in [2.45, 2.75) is 25.4 Å². The van der Waals surface area contributed by atoms with Crippen molar-refractivity contribution in [1.29, 1.82) is 0 Å². The first-order chi connectivity index (χ1) is 5.86. The molecule has 1 saturated heterocycles. The van der Waals surface area contributed by atoms with E-state index in [0.29, 0.717) is 5.88 Å². The molecule has 1 fully saturated rings. The summed E-state index contributed by atoms with van der Waals surface area (Å²) in [6, 6.07) is 1.73. The molecule has 2 heterocycles. The average Bonchev–Trinajstić information content (AvgIpc) is 2.54. The van der Waals surface area contributed by atoms with Gasteiger partial charge in [0.25, 0.3) is 0 Å². The van der Waals surface area contributed by atoms with E-state index in [1.165, 1.54) is 6.42 Å². The summed E-state index contributed by atoms with van der Waals surface area (Å²) in [6.07, 6.45) is 3.45. The zero-order valence-electron chi connectivity index (χ0n) is 6.82. The Labute approximate surface area is 70.7 Å². The largest absolute Gasteiger partial charge is 0.372 e. The second-order valence-electron chi connectivity index (χ2n) is 3.01. The number of aromatic nitrogens is 1. The molecule has 0 bridgehead atoms. The van der Waals surface area contributed by atoms with Crippen LogP contribution in [-0.2, 0) is 4.74 Å². The van der Waals surface area contributed by atoms with E-state index in [2.05, 4.69) is 5.16 Å². The van der Waals surface area contributed by atoms with E-state index in [0.717, 1.165) is 25.1 Å². The lowest BCUT2D eigenvalue weighted by Crippen LogP contribution is -2.11. The zero-order valence-corrected chi connectivity index (χ0v) is 6.82. The number of rotatable bonds is 1. The number of nitrogen functional groups attached to an aromatic ring is 1. The molecule has 0 spiro atoms. The minimum absolute atomic E-state index is 0.0970. The van der Waals surface area contributed by atoms with Crippen LogP contribution in [-0.4, -0.2) is 11.8 Å². The molecule has 0 aromatic carbocycles. The molecule has 1 aliphatic rings. The molecule has 1 aromatic rings. The second-order valence-corrected chi connectivity index (χ2v) is 3.01. The number of anilines is 1. The van der Waals surface area contributed by atoms with Gasteiger partial charge in [0.1, 0.15) is 11.8 Å². The molecule has 0 aliphatic carbocycles. The summed E-state index contributed by atoms with van der Waals surface area (Å²) in [6.45, 7) is 0.817. The summed E-state index contributed by atoms with van der Waals surface area (Å²) in [4.78, 5) is 0. The van der Waals surface area contributed by atoms with Crippen molar-refractivity contribution in [3.8, 4) is 0 Å². The van der Waals surface area contributed by atoms with E-state index in [1.54, 1.807) is 6.07 Å². The Morgan fingerprint density at radius 3 is 3.00 bits per heavy atom. The Morgan fingerprint density at radius 1 is 1.50 bits per heavy atom. The molecule has 12 heavy (non-hydrogen) atoms. The summed E-state index contributed by atoms with van der Waals surface area (Å²) in [5, 5.41) is 3.81. The maximum Gasteiger partial charge on any atom is 0.222 e. The fraction of sp³-hybridized carbons (Fsp3) is 0.625. The van der Waals surface area contributed by atoms with Gasteiger partial charge in [0, 0.05) is 12.7 Å². The van der Waals surface area contributed by atoms with Crippen molar-refractivity contribution in [1.82, 2.24) is 5.16 Å². The SMILES string of the molecule is Nc1cc(C2CCCCO2)no1. The Bertz CT molecular complexity index is 253. The van der Waals surface area contributed by atoms with Crippen LogP contribution in [0.1, 0.15) is 31.1 Å². The highest BCUT2D eigenvalue weighted by Gasteiger charge is 2.19. The van der Waals surface area contributed by atoms with Crippen molar-refractivity contribution < 1.29 is 9.26 Å². The summed E-state index contributed by atoms with van der Waals surface area (Å²) in [5.41, 5.74) is 6.23. The Balaban J connectivity index is 2.08. The quantitative estimate of drug-likeness (QED) is 0.690. The molecule has 0 saturated carbocycles. The summed E-state index contributed by atoms with van der Waals surface area (Å²) < 4.78 is 10.3. The third-order valence-electron chi connectivity index (χ3n) is 2.06. The van der Waals surface area contributed by atoms with E-state index in [-0.39, 0.29) is 6.10 Å². The monoisotopic (exact) mass is 168 g/mol. The molecule has 1 aromatic heterocycles. The summed E-state index contributed by atoms with van der Waals surface area (Å²) >= 11 is 0. The van der Waals surface area contributed by atoms with Crippen LogP contribution in [0.25, 0.3) is 0 Å². The summed E-state index contributed by atoms with van der Waals surface area (Å²) in [7, 11) is 0. The smallest absolute Gasteiger partial charge is 0.222 e. The van der Waals surface area contributed by atoms with Crippen LogP contribution >= 0.6 is 0 Å². The lowest BCUT2D eigenvalue weighted by molar-refractivity contribution is 0.0106. The molecule has 2 rings (SSSR count). The topological polar surface area (TPSA) is 61.3 Å². The van der Waals surface area contributed by atoms with Crippen molar-refractivity contribution >= 4 is 5.88 Å². The highest BCUT2D eigenvalue weighted by atomic mass is 16.5. The van der Waals surface area contributed by atoms with Gasteiger partial charge < -0.3 is 15.0 Å². The van der Waals surface area contributed by atoms with Crippen LogP contribution in [0.3, 0.4) is 0 Å². The minimum Gasteiger partial charge on any atom is -0.372 e. The van der Waals surface area contributed by atoms with Crippen molar-refractivity contribution in [2.75, 3.05) is 12.3 Å². The average molecular weight is 168 g/mol. The highest BCUT2D eigenvalue weighted by molar-refractivity contribution is 5.25. The zero-order chi connectivity index (χ0) is 8.39. The first-order valence-corrected chi connectivity index (χ1v) is 4.20. The Hall–Kier alpha value is -1.03. The minimum atomic E-state index is 0.0970.